The molecule has 4 aromatic rings. The van der Waals surface area contributed by atoms with Crippen LogP contribution in [0.25, 0.3) is 10.9 Å². The number of nitrogens with one attached hydrogen (secondary N) is 1. The number of hydrogen-bond acceptors (Lipinski definition) is 7. The van der Waals surface area contributed by atoms with Crippen molar-refractivity contribution >= 4 is 16.8 Å². The number of ether oxygens (including phenoxy) is 3. The van der Waals surface area contributed by atoms with E-state index >= 15 is 0 Å². The number of methoxy groups -OCH3 is 3. The van der Waals surface area contributed by atoms with Gasteiger partial charge in [0.2, 0.25) is 0 Å². The predicted molar refractivity (Wildman–Crippen MR) is 152 cm³/mol. The Morgan fingerprint density at radius 2 is 1.48 bits per heavy atom. The van der Waals surface area contributed by atoms with Gasteiger partial charge < -0.3 is 24.1 Å². The van der Waals surface area contributed by atoms with Crippen molar-refractivity contribution in [2.24, 2.45) is 0 Å². The van der Waals surface area contributed by atoms with E-state index < -0.39 is 11.2 Å². The molecule has 1 aromatic heterocycles. The minimum absolute atomic E-state index is 0.127. The first-order valence-electron chi connectivity index (χ1n) is 13.0. The lowest BCUT2D eigenvalue weighted by Crippen LogP contribution is -2.48. The van der Waals surface area contributed by atoms with Gasteiger partial charge in [0.25, 0.3) is 11.5 Å². The van der Waals surface area contributed by atoms with Crippen molar-refractivity contribution in [2.75, 3.05) is 47.5 Å². The summed E-state index contributed by atoms with van der Waals surface area (Å²) in [5.74, 6) is 1.95. The normalized spacial score (nSPS) is 13.8. The number of aromatic amines is 1. The summed E-state index contributed by atoms with van der Waals surface area (Å²) < 4.78 is 17.0. The van der Waals surface area contributed by atoms with Crippen LogP contribution in [0.15, 0.2) is 70.3 Å². The quantitative estimate of drug-likeness (QED) is 0.364. The van der Waals surface area contributed by atoms with Gasteiger partial charge in [-0.1, -0.05) is 18.2 Å². The van der Waals surface area contributed by atoms with E-state index in [2.05, 4.69) is 9.88 Å². The summed E-state index contributed by atoms with van der Waals surface area (Å²) in [5.41, 5.74) is 1.75. The van der Waals surface area contributed by atoms with E-state index in [1.807, 2.05) is 30.3 Å². The molecule has 1 saturated heterocycles. The molecule has 1 aliphatic heterocycles. The molecule has 1 aliphatic rings. The average molecular weight is 545 g/mol. The number of amides is 1. The smallest absolute Gasteiger partial charge is 0.329 e. The molecule has 0 atom stereocenters. The largest absolute Gasteiger partial charge is 0.497 e. The zero-order chi connectivity index (χ0) is 28.2. The van der Waals surface area contributed by atoms with Gasteiger partial charge in [-0.25, -0.2) is 4.79 Å². The molecular formula is C30H32N4O6. The van der Waals surface area contributed by atoms with Gasteiger partial charge in [-0.05, 0) is 53.6 Å². The van der Waals surface area contributed by atoms with Crippen molar-refractivity contribution in [1.82, 2.24) is 19.4 Å². The summed E-state index contributed by atoms with van der Waals surface area (Å²) in [6.45, 7) is 3.46. The fourth-order valence-corrected chi connectivity index (χ4v) is 4.97. The van der Waals surface area contributed by atoms with Crippen molar-refractivity contribution in [3.63, 3.8) is 0 Å². The van der Waals surface area contributed by atoms with E-state index in [0.717, 1.165) is 35.3 Å². The van der Waals surface area contributed by atoms with E-state index in [4.69, 9.17) is 14.2 Å². The molecule has 208 valence electrons. The maximum Gasteiger partial charge on any atom is 0.329 e. The highest BCUT2D eigenvalue weighted by molar-refractivity contribution is 5.97. The fraction of sp³-hybridized carbons (Fsp3) is 0.300. The number of fused-ring (bicyclic) bond motifs is 1. The highest BCUT2D eigenvalue weighted by Crippen LogP contribution is 2.28. The summed E-state index contributed by atoms with van der Waals surface area (Å²) >= 11 is 0. The van der Waals surface area contributed by atoms with Crippen molar-refractivity contribution in [1.29, 1.82) is 0 Å². The zero-order valence-corrected chi connectivity index (χ0v) is 22.8. The first kappa shape index (κ1) is 27.0. The fourth-order valence-electron chi connectivity index (χ4n) is 4.97. The summed E-state index contributed by atoms with van der Waals surface area (Å²) in [7, 11) is 4.81. The third kappa shape index (κ3) is 5.57. The number of aromatic nitrogens is 2. The van der Waals surface area contributed by atoms with Gasteiger partial charge in [0.05, 0.1) is 38.8 Å². The summed E-state index contributed by atoms with van der Waals surface area (Å²) in [4.78, 5) is 46.1. The minimum atomic E-state index is -0.526. The minimum Gasteiger partial charge on any atom is -0.497 e. The molecule has 10 nitrogen and oxygen atoms in total. The lowest BCUT2D eigenvalue weighted by molar-refractivity contribution is 0.0628. The number of H-pyrrole nitrogens is 1. The molecule has 3 aromatic carbocycles. The van der Waals surface area contributed by atoms with Crippen LogP contribution in [0.3, 0.4) is 0 Å². The topological polar surface area (TPSA) is 106 Å². The van der Waals surface area contributed by atoms with Gasteiger partial charge in [-0.15, -0.1) is 0 Å². The third-order valence-corrected chi connectivity index (χ3v) is 7.24. The lowest BCUT2D eigenvalue weighted by atomic mass is 10.1. The second-order valence-electron chi connectivity index (χ2n) is 9.69. The van der Waals surface area contributed by atoms with Gasteiger partial charge in [0.1, 0.15) is 5.75 Å². The molecule has 1 N–H and O–H groups in total. The summed E-state index contributed by atoms with van der Waals surface area (Å²) in [5, 5.41) is 0.351. The number of piperazine rings is 1. The first-order chi connectivity index (χ1) is 19.4. The summed E-state index contributed by atoms with van der Waals surface area (Å²) in [6.07, 6.45) is 0. The van der Waals surface area contributed by atoms with Gasteiger partial charge >= 0.3 is 5.69 Å². The highest BCUT2D eigenvalue weighted by Gasteiger charge is 2.23. The Balaban J connectivity index is 1.26. The molecule has 5 rings (SSSR count). The second-order valence-corrected chi connectivity index (χ2v) is 9.69. The Hall–Kier alpha value is -4.57. The Morgan fingerprint density at radius 1 is 0.775 bits per heavy atom. The monoisotopic (exact) mass is 544 g/mol. The second kappa shape index (κ2) is 11.7. The molecule has 0 bridgehead atoms. The van der Waals surface area contributed by atoms with Gasteiger partial charge in [0.15, 0.2) is 11.5 Å². The summed E-state index contributed by atoms with van der Waals surface area (Å²) in [6, 6.07) is 17.9. The van der Waals surface area contributed by atoms with Crippen LogP contribution in [0.5, 0.6) is 17.2 Å². The Bertz CT molecular complexity index is 1640. The molecule has 0 spiro atoms. The van der Waals surface area contributed by atoms with Crippen LogP contribution in [0.4, 0.5) is 0 Å². The molecule has 0 radical (unpaired) electrons. The highest BCUT2D eigenvalue weighted by atomic mass is 16.5. The van der Waals surface area contributed by atoms with E-state index in [0.29, 0.717) is 46.8 Å². The molecule has 2 heterocycles. The van der Waals surface area contributed by atoms with Gasteiger partial charge in [-0.2, -0.15) is 0 Å². The van der Waals surface area contributed by atoms with Crippen molar-refractivity contribution < 1.29 is 19.0 Å². The molecule has 0 unspecified atom stereocenters. The Kier molecular flexibility index (Phi) is 7.88. The maximum atomic E-state index is 13.3. The van der Waals surface area contributed by atoms with Crippen LogP contribution < -0.4 is 25.5 Å². The van der Waals surface area contributed by atoms with Crippen LogP contribution in [0.2, 0.25) is 0 Å². The maximum absolute atomic E-state index is 13.3. The number of benzene rings is 3. The van der Waals surface area contributed by atoms with Crippen LogP contribution in [0.1, 0.15) is 21.5 Å². The number of nitrogens with zero attached hydrogens (tertiary/aromatic N) is 3. The lowest BCUT2D eigenvalue weighted by Gasteiger charge is -2.35. The zero-order valence-electron chi connectivity index (χ0n) is 22.8. The molecule has 10 heteroatoms. The van der Waals surface area contributed by atoms with Crippen molar-refractivity contribution in [3.8, 4) is 17.2 Å². The van der Waals surface area contributed by atoms with E-state index in [1.54, 1.807) is 56.6 Å². The molecule has 1 amide bonds. The number of carbonyl (C=O) groups excluding carboxylic acids is 1. The van der Waals surface area contributed by atoms with Crippen LogP contribution in [-0.4, -0.2) is 72.8 Å². The van der Waals surface area contributed by atoms with E-state index in [1.165, 1.54) is 0 Å². The Morgan fingerprint density at radius 3 is 2.15 bits per heavy atom. The number of hydrogen-bond donors (Lipinski definition) is 1. The molecule has 40 heavy (non-hydrogen) atoms. The van der Waals surface area contributed by atoms with Gasteiger partial charge in [0, 0.05) is 38.3 Å². The number of carbonyl (C=O) groups is 1. The Labute approximate surface area is 231 Å². The molecule has 0 aliphatic carbocycles. The van der Waals surface area contributed by atoms with Crippen molar-refractivity contribution in [3.05, 3.63) is 98.2 Å². The van der Waals surface area contributed by atoms with E-state index in [-0.39, 0.29) is 12.5 Å². The first-order valence-corrected chi connectivity index (χ1v) is 13.0. The molecule has 1 fully saturated rings. The molecule has 0 saturated carbocycles. The van der Waals surface area contributed by atoms with E-state index in [9.17, 15) is 14.4 Å². The average Bonchev–Trinajstić information content (AvgIpc) is 2.99. The SMILES string of the molecule is COc1ccc(Cn2c(=O)[nH]c3cc(C(=O)N4CCN(Cc5ccc(OC)c(OC)c5)CC4)ccc3c2=O)cc1. The predicted octanol–water partition coefficient (Wildman–Crippen LogP) is 2.72. The third-order valence-electron chi connectivity index (χ3n) is 7.24. The molecular weight excluding hydrogens is 512 g/mol. The van der Waals surface area contributed by atoms with Crippen LogP contribution in [-0.2, 0) is 13.1 Å². The van der Waals surface area contributed by atoms with Gasteiger partial charge in [-0.3, -0.25) is 19.1 Å². The van der Waals surface area contributed by atoms with Crippen LogP contribution >= 0.6 is 0 Å². The number of rotatable bonds is 8. The standard InChI is InChI=1S/C30H32N4O6/c1-38-23-8-4-20(5-9-23)19-34-29(36)24-10-7-22(17-25(24)31-30(34)37)28(35)33-14-12-32(13-15-33)18-21-6-11-26(39-2)27(16-21)40-3/h4-11,16-17H,12-15,18-19H2,1-3H3,(H,31,37). The van der Waals surface area contributed by atoms with Crippen LogP contribution in [0, 0.1) is 0 Å². The van der Waals surface area contributed by atoms with Crippen molar-refractivity contribution in [2.45, 2.75) is 13.1 Å².